The van der Waals surface area contributed by atoms with E-state index >= 15 is 0 Å². The Morgan fingerprint density at radius 3 is 2.50 bits per heavy atom. The van der Waals surface area contributed by atoms with Gasteiger partial charge in [-0.2, -0.15) is 4.31 Å². The van der Waals surface area contributed by atoms with Crippen molar-refractivity contribution < 1.29 is 17.9 Å². The third-order valence-electron chi connectivity index (χ3n) is 4.17. The first-order valence-electron chi connectivity index (χ1n) is 7.76. The van der Waals surface area contributed by atoms with Gasteiger partial charge in [0.25, 0.3) is 0 Å². The highest BCUT2D eigenvalue weighted by atomic mass is 32.2. The Labute approximate surface area is 145 Å². The zero-order valence-electron chi connectivity index (χ0n) is 13.6. The zero-order valence-corrected chi connectivity index (χ0v) is 15.2. The van der Waals surface area contributed by atoms with Gasteiger partial charge in [-0.3, -0.25) is 0 Å². The van der Waals surface area contributed by atoms with E-state index < -0.39 is 16.0 Å². The normalized spacial score (nSPS) is 15.6. The summed E-state index contributed by atoms with van der Waals surface area (Å²) >= 11 is 1.09. The molecule has 24 heavy (non-hydrogen) atoms. The average Bonchev–Trinajstić information content (AvgIpc) is 3.22. The molecular weight excluding hydrogens is 346 g/mol. The van der Waals surface area contributed by atoms with E-state index in [0.29, 0.717) is 18.8 Å². The summed E-state index contributed by atoms with van der Waals surface area (Å²) in [6.07, 6.45) is 1.76. The summed E-state index contributed by atoms with van der Waals surface area (Å²) in [5.41, 5.74) is 2.15. The lowest BCUT2D eigenvalue weighted by atomic mass is 10.1. The Kier molecular flexibility index (Phi) is 4.76. The number of hydrogen-bond donors (Lipinski definition) is 0. The third kappa shape index (κ3) is 3.38. The summed E-state index contributed by atoms with van der Waals surface area (Å²) in [6, 6.07) is 6.82. The first-order chi connectivity index (χ1) is 11.4. The predicted molar refractivity (Wildman–Crippen MR) is 93.2 cm³/mol. The lowest BCUT2D eigenvalue weighted by molar-refractivity contribution is 0.0739. The number of aryl methyl sites for hydroxylation is 2. The molecule has 0 atom stereocenters. The van der Waals surface area contributed by atoms with Crippen LogP contribution in [0.25, 0.3) is 0 Å². The van der Waals surface area contributed by atoms with E-state index in [0.717, 1.165) is 35.3 Å². The molecule has 3 rings (SSSR count). The first kappa shape index (κ1) is 17.1. The molecule has 0 N–H and O–H groups in total. The van der Waals surface area contributed by atoms with E-state index in [9.17, 15) is 13.2 Å². The maximum Gasteiger partial charge on any atom is 0.353 e. The highest BCUT2D eigenvalue weighted by Crippen LogP contribution is 2.26. The Bertz CT molecular complexity index is 864. The zero-order chi connectivity index (χ0) is 17.3. The van der Waals surface area contributed by atoms with Gasteiger partial charge >= 0.3 is 5.97 Å². The van der Waals surface area contributed by atoms with Gasteiger partial charge in [-0.05, 0) is 56.0 Å². The molecule has 1 aromatic carbocycles. The maximum absolute atomic E-state index is 12.5. The molecule has 1 aromatic heterocycles. The molecule has 1 saturated heterocycles. The molecule has 1 aliphatic rings. The van der Waals surface area contributed by atoms with Crippen LogP contribution >= 0.6 is 11.3 Å². The molecule has 0 radical (unpaired) electrons. The smallest absolute Gasteiger partial charge is 0.353 e. The van der Waals surface area contributed by atoms with Crippen molar-refractivity contribution >= 4 is 27.3 Å². The highest BCUT2D eigenvalue weighted by Gasteiger charge is 2.29. The van der Waals surface area contributed by atoms with Crippen molar-refractivity contribution in [1.29, 1.82) is 0 Å². The van der Waals surface area contributed by atoms with E-state index in [1.54, 1.807) is 12.1 Å². The van der Waals surface area contributed by atoms with Gasteiger partial charge in [-0.15, -0.1) is 11.3 Å². The number of hydrogen-bond acceptors (Lipinski definition) is 5. The molecule has 0 spiro atoms. The summed E-state index contributed by atoms with van der Waals surface area (Å²) < 4.78 is 31.8. The maximum atomic E-state index is 12.5. The molecule has 0 aliphatic carbocycles. The molecule has 128 valence electrons. The molecule has 2 heterocycles. The van der Waals surface area contributed by atoms with Gasteiger partial charge in [0.05, 0.1) is 4.90 Å². The molecule has 0 saturated carbocycles. The van der Waals surface area contributed by atoms with Crippen LogP contribution in [-0.4, -0.2) is 31.8 Å². The van der Waals surface area contributed by atoms with Crippen LogP contribution in [0.4, 0.5) is 0 Å². The molecule has 0 unspecified atom stereocenters. The van der Waals surface area contributed by atoms with Crippen molar-refractivity contribution in [2.75, 3.05) is 13.1 Å². The number of carbonyl (C=O) groups is 1. The molecule has 1 aliphatic heterocycles. The largest absolute Gasteiger partial charge is 0.422 e. The standard InChI is InChI=1S/C17H19NO4S2/c1-12-5-6-14(9-13(12)2)22-17(19)16-10-15(11-23-16)24(20,21)18-7-3-4-8-18/h5-6,9-11H,3-4,7-8H2,1-2H3. The topological polar surface area (TPSA) is 63.7 Å². The van der Waals surface area contributed by atoms with Crippen molar-refractivity contribution in [3.8, 4) is 5.75 Å². The van der Waals surface area contributed by atoms with Gasteiger partial charge in [-0.1, -0.05) is 6.07 Å². The summed E-state index contributed by atoms with van der Waals surface area (Å²) in [5.74, 6) is -0.0772. The van der Waals surface area contributed by atoms with Gasteiger partial charge in [0.1, 0.15) is 10.6 Å². The van der Waals surface area contributed by atoms with Crippen molar-refractivity contribution in [3.05, 3.63) is 45.6 Å². The molecule has 0 bridgehead atoms. The van der Waals surface area contributed by atoms with Gasteiger partial charge in [0.2, 0.25) is 10.0 Å². The number of sulfonamides is 1. The minimum absolute atomic E-state index is 0.168. The van der Waals surface area contributed by atoms with E-state index in [-0.39, 0.29) is 9.77 Å². The summed E-state index contributed by atoms with van der Waals surface area (Å²) in [4.78, 5) is 12.7. The minimum Gasteiger partial charge on any atom is -0.422 e. The fourth-order valence-electron chi connectivity index (χ4n) is 2.57. The summed E-state index contributed by atoms with van der Waals surface area (Å²) in [7, 11) is -3.50. The number of carbonyl (C=O) groups excluding carboxylic acids is 1. The second-order valence-electron chi connectivity index (χ2n) is 5.89. The second kappa shape index (κ2) is 6.66. The summed E-state index contributed by atoms with van der Waals surface area (Å²) in [6.45, 7) is 5.01. The van der Waals surface area contributed by atoms with E-state index in [1.165, 1.54) is 15.8 Å². The molecule has 2 aromatic rings. The van der Waals surface area contributed by atoms with Crippen LogP contribution in [0.2, 0.25) is 0 Å². The van der Waals surface area contributed by atoms with Crippen LogP contribution in [0.15, 0.2) is 34.5 Å². The molecule has 1 fully saturated rings. The Hall–Kier alpha value is -1.70. The van der Waals surface area contributed by atoms with E-state index in [2.05, 4.69) is 0 Å². The van der Waals surface area contributed by atoms with Crippen LogP contribution in [0.1, 0.15) is 33.6 Å². The van der Waals surface area contributed by atoms with Crippen LogP contribution in [0, 0.1) is 13.8 Å². The van der Waals surface area contributed by atoms with Crippen LogP contribution in [0.3, 0.4) is 0 Å². The van der Waals surface area contributed by atoms with Crippen molar-refractivity contribution in [2.45, 2.75) is 31.6 Å². The van der Waals surface area contributed by atoms with Crippen molar-refractivity contribution in [3.63, 3.8) is 0 Å². The van der Waals surface area contributed by atoms with Gasteiger partial charge in [0, 0.05) is 18.5 Å². The number of ether oxygens (including phenoxy) is 1. The SMILES string of the molecule is Cc1ccc(OC(=O)c2cc(S(=O)(=O)N3CCCC3)cs2)cc1C. The van der Waals surface area contributed by atoms with Crippen LogP contribution in [-0.2, 0) is 10.0 Å². The average molecular weight is 365 g/mol. The predicted octanol–water partition coefficient (Wildman–Crippen LogP) is 3.37. The van der Waals surface area contributed by atoms with Gasteiger partial charge in [0.15, 0.2) is 0 Å². The van der Waals surface area contributed by atoms with Gasteiger partial charge < -0.3 is 4.74 Å². The Morgan fingerprint density at radius 1 is 1.12 bits per heavy atom. The van der Waals surface area contributed by atoms with E-state index in [4.69, 9.17) is 4.74 Å². The minimum atomic E-state index is -3.50. The molecule has 0 amide bonds. The number of esters is 1. The number of benzene rings is 1. The fourth-order valence-corrected chi connectivity index (χ4v) is 5.23. The monoisotopic (exact) mass is 365 g/mol. The van der Waals surface area contributed by atoms with Crippen LogP contribution in [0.5, 0.6) is 5.75 Å². The van der Waals surface area contributed by atoms with Crippen molar-refractivity contribution in [2.24, 2.45) is 0 Å². The third-order valence-corrected chi connectivity index (χ3v) is 7.10. The quantitative estimate of drug-likeness (QED) is 0.616. The lowest BCUT2D eigenvalue weighted by Gasteiger charge is -2.13. The molecule has 7 heteroatoms. The second-order valence-corrected chi connectivity index (χ2v) is 8.74. The number of rotatable bonds is 4. The Morgan fingerprint density at radius 2 is 1.83 bits per heavy atom. The Balaban J connectivity index is 1.77. The van der Waals surface area contributed by atoms with Crippen molar-refractivity contribution in [1.82, 2.24) is 4.31 Å². The molecule has 5 nitrogen and oxygen atoms in total. The fraction of sp³-hybridized carbons (Fsp3) is 0.353. The highest BCUT2D eigenvalue weighted by molar-refractivity contribution is 7.89. The first-order valence-corrected chi connectivity index (χ1v) is 10.1. The van der Waals surface area contributed by atoms with E-state index in [1.807, 2.05) is 19.9 Å². The number of thiophene rings is 1. The number of nitrogens with zero attached hydrogens (tertiary/aromatic N) is 1. The molecular formula is C17H19NO4S2. The lowest BCUT2D eigenvalue weighted by Crippen LogP contribution is -2.27. The summed E-state index contributed by atoms with van der Waals surface area (Å²) in [5, 5.41) is 1.50. The van der Waals surface area contributed by atoms with Crippen LogP contribution < -0.4 is 4.74 Å². The van der Waals surface area contributed by atoms with Gasteiger partial charge in [-0.25, -0.2) is 13.2 Å².